The minimum atomic E-state index is -0.343. The molecule has 3 heterocycles. The molecular weight excluding hydrogens is 345 g/mol. The van der Waals surface area contributed by atoms with E-state index in [0.29, 0.717) is 27.8 Å². The molecule has 0 bridgehead atoms. The lowest BCUT2D eigenvalue weighted by Crippen LogP contribution is -2.05. The van der Waals surface area contributed by atoms with E-state index < -0.39 is 0 Å². The number of fused-ring (bicyclic) bond motifs is 1. The van der Waals surface area contributed by atoms with Crippen LogP contribution >= 0.6 is 11.6 Å². The molecule has 2 N–H and O–H groups in total. The maximum Gasteiger partial charge on any atom is 0.222 e. The molecule has 4 rings (SSSR count). The fraction of sp³-hybridized carbons (Fsp3) is 0.0625. The van der Waals surface area contributed by atoms with Crippen molar-refractivity contribution >= 4 is 23.1 Å². The molecule has 0 fully saturated rings. The van der Waals surface area contributed by atoms with Crippen LogP contribution in [0.5, 0.6) is 0 Å². The number of nitrogens with zero attached hydrogens (tertiary/aromatic N) is 6. The van der Waals surface area contributed by atoms with Crippen molar-refractivity contribution in [2.24, 2.45) is 0 Å². The molecule has 0 aliphatic rings. The molecule has 7 nitrogen and oxygen atoms in total. The van der Waals surface area contributed by atoms with Gasteiger partial charge in [-0.25, -0.2) is 14.4 Å². The van der Waals surface area contributed by atoms with Crippen molar-refractivity contribution in [1.82, 2.24) is 30.0 Å². The number of anilines is 1. The molecule has 1 aromatic carbocycles. The van der Waals surface area contributed by atoms with Crippen LogP contribution in [0.2, 0.25) is 5.15 Å². The number of rotatable bonds is 2. The van der Waals surface area contributed by atoms with Crippen LogP contribution in [0.4, 0.5) is 10.2 Å². The quantitative estimate of drug-likeness (QED) is 0.555. The van der Waals surface area contributed by atoms with Gasteiger partial charge in [0.25, 0.3) is 0 Å². The number of aryl methyl sites for hydroxylation is 1. The van der Waals surface area contributed by atoms with E-state index in [0.717, 1.165) is 11.3 Å². The number of halogens is 2. The first kappa shape index (κ1) is 15.4. The van der Waals surface area contributed by atoms with Gasteiger partial charge in [-0.3, -0.25) is 0 Å². The highest BCUT2D eigenvalue weighted by Crippen LogP contribution is 2.33. The number of hydrogen-bond acceptors (Lipinski definition) is 6. The third-order valence-electron chi connectivity index (χ3n) is 3.68. The summed E-state index contributed by atoms with van der Waals surface area (Å²) >= 11 is 6.11. The van der Waals surface area contributed by atoms with Crippen molar-refractivity contribution in [3.8, 4) is 22.5 Å². The molecule has 4 aromatic rings. The van der Waals surface area contributed by atoms with Gasteiger partial charge in [-0.1, -0.05) is 11.6 Å². The maximum atomic E-state index is 13.3. The Balaban J connectivity index is 2.10. The largest absolute Gasteiger partial charge is 0.380 e. The van der Waals surface area contributed by atoms with E-state index in [1.54, 1.807) is 18.2 Å². The number of tetrazole rings is 1. The normalized spacial score (nSPS) is 11.2. The first-order valence-corrected chi connectivity index (χ1v) is 7.69. The summed E-state index contributed by atoms with van der Waals surface area (Å²) in [4.78, 5) is 8.61. The summed E-state index contributed by atoms with van der Waals surface area (Å²) < 4.78 is 14.8. The van der Waals surface area contributed by atoms with Gasteiger partial charge in [0.2, 0.25) is 5.65 Å². The van der Waals surface area contributed by atoms with Crippen molar-refractivity contribution < 1.29 is 4.39 Å². The van der Waals surface area contributed by atoms with Crippen molar-refractivity contribution in [3.63, 3.8) is 0 Å². The van der Waals surface area contributed by atoms with Gasteiger partial charge in [0.15, 0.2) is 5.82 Å². The Morgan fingerprint density at radius 2 is 1.84 bits per heavy atom. The molecule has 0 atom stereocenters. The SMILES string of the molecule is Cc1cc(-c2c(-c3ccc(F)cc3)nc(N)c3nnnn23)cc(Cl)n1. The third-order valence-corrected chi connectivity index (χ3v) is 3.87. The van der Waals surface area contributed by atoms with E-state index in [1.807, 2.05) is 13.0 Å². The lowest BCUT2D eigenvalue weighted by molar-refractivity contribution is 0.628. The highest BCUT2D eigenvalue weighted by atomic mass is 35.5. The number of aromatic nitrogens is 6. The van der Waals surface area contributed by atoms with Gasteiger partial charge in [-0.2, -0.15) is 4.52 Å². The molecule has 3 aromatic heterocycles. The highest BCUT2D eigenvalue weighted by Gasteiger charge is 2.19. The number of pyridine rings is 1. The second kappa shape index (κ2) is 5.75. The topological polar surface area (TPSA) is 94.9 Å². The van der Waals surface area contributed by atoms with E-state index in [9.17, 15) is 4.39 Å². The Hall–Kier alpha value is -3.13. The molecule has 0 unspecified atom stereocenters. The zero-order chi connectivity index (χ0) is 17.6. The van der Waals surface area contributed by atoms with Crippen LogP contribution in [-0.2, 0) is 0 Å². The number of nitrogen functional groups attached to an aromatic ring is 1. The lowest BCUT2D eigenvalue weighted by atomic mass is 10.0. The number of nitrogens with two attached hydrogens (primary N) is 1. The van der Waals surface area contributed by atoms with E-state index in [1.165, 1.54) is 16.6 Å². The molecule has 25 heavy (non-hydrogen) atoms. The Morgan fingerprint density at radius 1 is 1.08 bits per heavy atom. The van der Waals surface area contributed by atoms with Gasteiger partial charge in [0, 0.05) is 16.8 Å². The molecular formula is C16H11ClFN7. The molecule has 0 radical (unpaired) electrons. The summed E-state index contributed by atoms with van der Waals surface area (Å²) in [6.07, 6.45) is 0. The molecule has 0 aliphatic heterocycles. The molecule has 0 aliphatic carbocycles. The van der Waals surface area contributed by atoms with E-state index >= 15 is 0 Å². The second-order valence-corrected chi connectivity index (χ2v) is 5.82. The van der Waals surface area contributed by atoms with Gasteiger partial charge in [0.05, 0.1) is 5.69 Å². The van der Waals surface area contributed by atoms with Crippen molar-refractivity contribution in [1.29, 1.82) is 0 Å². The molecule has 0 spiro atoms. The number of benzene rings is 1. The van der Waals surface area contributed by atoms with E-state index in [2.05, 4.69) is 25.5 Å². The Labute approximate surface area is 146 Å². The summed E-state index contributed by atoms with van der Waals surface area (Å²) in [6.45, 7) is 1.83. The summed E-state index contributed by atoms with van der Waals surface area (Å²) in [5, 5.41) is 11.9. The van der Waals surface area contributed by atoms with Crippen molar-refractivity contribution in [3.05, 3.63) is 53.1 Å². The molecule has 9 heteroatoms. The van der Waals surface area contributed by atoms with Crippen molar-refractivity contribution in [2.45, 2.75) is 6.92 Å². The van der Waals surface area contributed by atoms with Crippen LogP contribution < -0.4 is 5.73 Å². The minimum absolute atomic E-state index is 0.171. The van der Waals surface area contributed by atoms with Gasteiger partial charge in [-0.15, -0.1) is 5.10 Å². The molecule has 0 saturated heterocycles. The van der Waals surface area contributed by atoms with Crippen LogP contribution in [0.3, 0.4) is 0 Å². The first-order chi connectivity index (χ1) is 12.0. The van der Waals surface area contributed by atoms with Crippen molar-refractivity contribution in [2.75, 3.05) is 5.73 Å². The average molecular weight is 356 g/mol. The molecule has 124 valence electrons. The summed E-state index contributed by atoms with van der Waals surface area (Å²) in [5.74, 6) is -0.172. The van der Waals surface area contributed by atoms with Crippen LogP contribution in [0.25, 0.3) is 28.2 Å². The minimum Gasteiger partial charge on any atom is -0.380 e. The number of hydrogen-bond donors (Lipinski definition) is 1. The van der Waals surface area contributed by atoms with Gasteiger partial charge in [-0.05, 0) is 53.7 Å². The fourth-order valence-electron chi connectivity index (χ4n) is 2.65. The Bertz CT molecular complexity index is 1070. The zero-order valence-corrected chi connectivity index (χ0v) is 13.7. The van der Waals surface area contributed by atoms with Gasteiger partial charge < -0.3 is 5.73 Å². The predicted molar refractivity (Wildman–Crippen MR) is 91.4 cm³/mol. The molecule has 0 amide bonds. The predicted octanol–water partition coefficient (Wildman–Crippen LogP) is 2.93. The lowest BCUT2D eigenvalue weighted by Gasteiger charge is -2.12. The average Bonchev–Trinajstić information content (AvgIpc) is 3.04. The van der Waals surface area contributed by atoms with Gasteiger partial charge >= 0.3 is 0 Å². The van der Waals surface area contributed by atoms with Crippen LogP contribution in [0.15, 0.2) is 36.4 Å². The highest BCUT2D eigenvalue weighted by molar-refractivity contribution is 6.29. The fourth-order valence-corrected chi connectivity index (χ4v) is 2.90. The smallest absolute Gasteiger partial charge is 0.222 e. The summed E-state index contributed by atoms with van der Waals surface area (Å²) in [5.41, 5.74) is 9.54. The summed E-state index contributed by atoms with van der Waals surface area (Å²) in [7, 11) is 0. The third kappa shape index (κ3) is 2.66. The Morgan fingerprint density at radius 3 is 2.56 bits per heavy atom. The van der Waals surface area contributed by atoms with E-state index in [-0.39, 0.29) is 11.6 Å². The molecule has 0 saturated carbocycles. The van der Waals surface area contributed by atoms with Gasteiger partial charge in [0.1, 0.15) is 16.7 Å². The first-order valence-electron chi connectivity index (χ1n) is 7.31. The monoisotopic (exact) mass is 355 g/mol. The van der Waals surface area contributed by atoms with Crippen LogP contribution in [-0.4, -0.2) is 30.0 Å². The standard InChI is InChI=1S/C16H11ClFN7/c1-8-6-10(7-12(17)20-8)14-13(9-2-4-11(18)5-3-9)21-15(19)16-22-23-24-25(14)16/h2-7H,1H3,(H2,19,21). The second-order valence-electron chi connectivity index (χ2n) is 5.44. The van der Waals surface area contributed by atoms with E-state index in [4.69, 9.17) is 17.3 Å². The van der Waals surface area contributed by atoms with Crippen LogP contribution in [0.1, 0.15) is 5.69 Å². The Kier molecular flexibility index (Phi) is 3.54. The maximum absolute atomic E-state index is 13.3. The van der Waals surface area contributed by atoms with Crippen LogP contribution in [0, 0.1) is 12.7 Å². The summed E-state index contributed by atoms with van der Waals surface area (Å²) in [6, 6.07) is 9.47. The zero-order valence-electron chi connectivity index (χ0n) is 13.0.